The number of benzene rings is 3. The number of rotatable bonds is 21. The third-order valence-corrected chi connectivity index (χ3v) is 10.9. The normalized spacial score (nSPS) is 19.5. The van der Waals surface area contributed by atoms with Crippen LogP contribution < -0.4 is 10.1 Å². The first-order chi connectivity index (χ1) is 27.9. The Balaban J connectivity index is 1.55. The first kappa shape index (κ1) is 41.8. The van der Waals surface area contributed by atoms with Crippen molar-refractivity contribution in [3.8, 4) is 5.75 Å². The molecule has 1 saturated heterocycles. The van der Waals surface area contributed by atoms with Gasteiger partial charge in [0.05, 0.1) is 32.1 Å². The van der Waals surface area contributed by atoms with Gasteiger partial charge in [-0.3, -0.25) is 0 Å². The van der Waals surface area contributed by atoms with E-state index in [1.54, 1.807) is 17.7 Å². The van der Waals surface area contributed by atoms with Crippen molar-refractivity contribution >= 4 is 17.3 Å². The number of carbonyl (C=O) groups is 1. The predicted octanol–water partition coefficient (Wildman–Crippen LogP) is 8.95. The number of anilines is 1. The van der Waals surface area contributed by atoms with Gasteiger partial charge in [0.1, 0.15) is 47.0 Å². The number of unbranched alkanes of at least 4 members (excludes halogenated alkanes) is 3. The Hall–Kier alpha value is -4.81. The molecule has 11 nitrogen and oxygen atoms in total. The Kier molecular flexibility index (Phi) is 14.4. The molecule has 1 fully saturated rings. The molecule has 2 aromatic heterocycles. The standard InChI is InChI=1S/C46H58N4O7/c1-7-10-27-54-31-39-42(55-28-11-8-2)45(4,56-29-12-9-3)41(57-39)38-30-37(44(51)53-6)40-43(47-32-48-50(38)40)49-46(33-19-15-13-16-20-33,34-21-17-14-18-22-34)35-23-25-36(52-5)26-24-35/h13-26,30,32,39,41-42H,7-12,27-29,31H2,1-6H3,(H,47,48,49)/t39-,41+,42-,45+/m1/s1. The van der Waals surface area contributed by atoms with Gasteiger partial charge >= 0.3 is 5.97 Å². The molecule has 11 heteroatoms. The van der Waals surface area contributed by atoms with Crippen molar-refractivity contribution in [1.82, 2.24) is 14.6 Å². The molecule has 0 unspecified atom stereocenters. The summed E-state index contributed by atoms with van der Waals surface area (Å²) in [5, 5.41) is 8.66. The second-order valence-electron chi connectivity index (χ2n) is 14.7. The van der Waals surface area contributed by atoms with Gasteiger partial charge in [0.15, 0.2) is 5.82 Å². The highest BCUT2D eigenvalue weighted by atomic mass is 16.6. The number of hydrogen-bond acceptors (Lipinski definition) is 10. The lowest BCUT2D eigenvalue weighted by Crippen LogP contribution is -2.48. The number of nitrogens with one attached hydrogen (secondary N) is 1. The SMILES string of the molecule is CCCCOC[C@H]1O[C@@H](c2cc(C(=O)OC)c3c(NC(c4ccccc4)(c4ccccc4)c4ccc(OC)cc4)ncnn23)[C@](C)(OCCCC)[C@@H]1OCCCC. The van der Waals surface area contributed by atoms with E-state index < -0.39 is 35.4 Å². The predicted molar refractivity (Wildman–Crippen MR) is 221 cm³/mol. The number of hydrogen-bond donors (Lipinski definition) is 1. The van der Waals surface area contributed by atoms with Gasteiger partial charge in [-0.05, 0) is 61.1 Å². The van der Waals surface area contributed by atoms with Gasteiger partial charge in [0.25, 0.3) is 0 Å². The molecule has 1 aliphatic heterocycles. The molecular formula is C46H58N4O7. The lowest BCUT2D eigenvalue weighted by Gasteiger charge is -2.37. The van der Waals surface area contributed by atoms with Crippen molar-refractivity contribution in [2.75, 3.05) is 46.0 Å². The summed E-state index contributed by atoms with van der Waals surface area (Å²) in [7, 11) is 3.03. The summed E-state index contributed by atoms with van der Waals surface area (Å²) in [4.78, 5) is 18.7. The molecule has 0 radical (unpaired) electrons. The summed E-state index contributed by atoms with van der Waals surface area (Å²) >= 11 is 0. The van der Waals surface area contributed by atoms with Crippen LogP contribution in [0.3, 0.4) is 0 Å². The number of esters is 1. The minimum atomic E-state index is -0.984. The monoisotopic (exact) mass is 778 g/mol. The zero-order chi connectivity index (χ0) is 40.3. The maximum atomic E-state index is 13.9. The highest BCUT2D eigenvalue weighted by Crippen LogP contribution is 2.48. The smallest absolute Gasteiger partial charge is 0.340 e. The molecule has 0 aliphatic carbocycles. The van der Waals surface area contributed by atoms with Crippen LogP contribution in [0, 0.1) is 0 Å². The maximum absolute atomic E-state index is 13.9. The lowest BCUT2D eigenvalue weighted by molar-refractivity contribution is -0.138. The van der Waals surface area contributed by atoms with E-state index in [4.69, 9.17) is 38.5 Å². The first-order valence-electron chi connectivity index (χ1n) is 20.3. The van der Waals surface area contributed by atoms with Crippen LogP contribution in [0.4, 0.5) is 5.82 Å². The zero-order valence-corrected chi connectivity index (χ0v) is 34.2. The molecule has 3 heterocycles. The summed E-state index contributed by atoms with van der Waals surface area (Å²) in [6, 6.07) is 30.2. The number of nitrogens with zero attached hydrogens (tertiary/aromatic N) is 3. The molecule has 3 aromatic carbocycles. The second kappa shape index (κ2) is 19.6. The molecule has 0 bridgehead atoms. The molecule has 5 aromatic rings. The third kappa shape index (κ3) is 8.72. The largest absolute Gasteiger partial charge is 0.497 e. The molecule has 6 rings (SSSR count). The quantitative estimate of drug-likeness (QED) is 0.0440. The van der Waals surface area contributed by atoms with E-state index in [-0.39, 0.29) is 5.56 Å². The topological polar surface area (TPSA) is 115 Å². The van der Waals surface area contributed by atoms with E-state index in [0.29, 0.717) is 43.5 Å². The average Bonchev–Trinajstić information content (AvgIpc) is 3.77. The molecule has 57 heavy (non-hydrogen) atoms. The molecule has 0 saturated carbocycles. The van der Waals surface area contributed by atoms with Crippen LogP contribution in [0.2, 0.25) is 0 Å². The number of ether oxygens (including phenoxy) is 6. The molecule has 0 spiro atoms. The molecule has 304 valence electrons. The lowest BCUT2D eigenvalue weighted by atomic mass is 9.77. The summed E-state index contributed by atoms with van der Waals surface area (Å²) in [5.41, 5.74) is 2.24. The third-order valence-electron chi connectivity index (χ3n) is 10.9. The Morgan fingerprint density at radius 3 is 2.07 bits per heavy atom. The van der Waals surface area contributed by atoms with Crippen molar-refractivity contribution < 1.29 is 33.2 Å². The highest BCUT2D eigenvalue weighted by molar-refractivity contribution is 6.01. The van der Waals surface area contributed by atoms with Crippen LogP contribution in [-0.4, -0.2) is 79.0 Å². The van der Waals surface area contributed by atoms with Crippen molar-refractivity contribution in [3.05, 3.63) is 125 Å². The van der Waals surface area contributed by atoms with Crippen LogP contribution in [0.5, 0.6) is 5.75 Å². The minimum absolute atomic E-state index is 0.283. The van der Waals surface area contributed by atoms with Gasteiger partial charge in [-0.1, -0.05) is 113 Å². The van der Waals surface area contributed by atoms with Crippen LogP contribution in [0.1, 0.15) is 105 Å². The highest BCUT2D eigenvalue weighted by Gasteiger charge is 2.57. The summed E-state index contributed by atoms with van der Waals surface area (Å²) < 4.78 is 39.4. The maximum Gasteiger partial charge on any atom is 0.340 e. The Morgan fingerprint density at radius 2 is 1.46 bits per heavy atom. The number of carbonyl (C=O) groups excluding carboxylic acids is 1. The second-order valence-corrected chi connectivity index (χ2v) is 14.7. The summed E-state index contributed by atoms with van der Waals surface area (Å²) in [6.45, 7) is 10.5. The summed E-state index contributed by atoms with van der Waals surface area (Å²) in [5.74, 6) is 0.615. The Morgan fingerprint density at radius 1 is 0.842 bits per heavy atom. The fraction of sp³-hybridized carbons (Fsp3) is 0.457. The van der Waals surface area contributed by atoms with E-state index >= 15 is 0 Å². The van der Waals surface area contributed by atoms with Crippen LogP contribution in [0.15, 0.2) is 97.3 Å². The van der Waals surface area contributed by atoms with Crippen LogP contribution in [-0.2, 0) is 29.2 Å². The van der Waals surface area contributed by atoms with E-state index in [0.717, 1.165) is 61.0 Å². The Bertz CT molecular complexity index is 1970. The number of methoxy groups -OCH3 is 2. The number of aromatic nitrogens is 3. The summed E-state index contributed by atoms with van der Waals surface area (Å²) in [6.07, 6.45) is 5.63. The molecule has 4 atom stereocenters. The van der Waals surface area contributed by atoms with Crippen LogP contribution >= 0.6 is 0 Å². The van der Waals surface area contributed by atoms with E-state index in [9.17, 15) is 4.79 Å². The molecule has 1 aliphatic rings. The van der Waals surface area contributed by atoms with Crippen molar-refractivity contribution in [3.63, 3.8) is 0 Å². The molecule has 1 N–H and O–H groups in total. The van der Waals surface area contributed by atoms with Crippen molar-refractivity contribution in [2.45, 2.75) is 95.7 Å². The Labute approximate surface area is 337 Å². The van der Waals surface area contributed by atoms with Crippen LogP contribution in [0.25, 0.3) is 5.52 Å². The van der Waals surface area contributed by atoms with Gasteiger partial charge in [0.2, 0.25) is 0 Å². The van der Waals surface area contributed by atoms with Gasteiger partial charge < -0.3 is 33.7 Å². The fourth-order valence-electron chi connectivity index (χ4n) is 7.78. The first-order valence-corrected chi connectivity index (χ1v) is 20.3. The minimum Gasteiger partial charge on any atom is -0.497 e. The fourth-order valence-corrected chi connectivity index (χ4v) is 7.78. The van der Waals surface area contributed by atoms with E-state index in [2.05, 4.69) is 50.4 Å². The van der Waals surface area contributed by atoms with Gasteiger partial charge in [-0.25, -0.2) is 14.3 Å². The van der Waals surface area contributed by atoms with E-state index in [1.807, 2.05) is 67.6 Å². The van der Waals surface area contributed by atoms with Crippen molar-refractivity contribution in [2.24, 2.45) is 0 Å². The molecule has 0 amide bonds. The average molecular weight is 779 g/mol. The van der Waals surface area contributed by atoms with Gasteiger partial charge in [-0.2, -0.15) is 5.10 Å². The van der Waals surface area contributed by atoms with Crippen molar-refractivity contribution in [1.29, 1.82) is 0 Å². The van der Waals surface area contributed by atoms with Gasteiger partial charge in [-0.15, -0.1) is 0 Å². The van der Waals surface area contributed by atoms with E-state index in [1.165, 1.54) is 13.4 Å². The van der Waals surface area contributed by atoms with Gasteiger partial charge in [0, 0.05) is 19.8 Å². The number of fused-ring (bicyclic) bond motifs is 1. The zero-order valence-electron chi connectivity index (χ0n) is 34.2. The molecular weight excluding hydrogens is 721 g/mol.